The molecule has 0 aliphatic rings. The molecule has 2 N–H and O–H groups in total. The van der Waals surface area contributed by atoms with Crippen molar-refractivity contribution < 1.29 is 14.7 Å². The smallest absolute Gasteiger partial charge is 0.303 e. The van der Waals surface area contributed by atoms with Crippen LogP contribution in [-0.4, -0.2) is 21.8 Å². The molecule has 0 amide bonds. The number of aromatic nitrogens is 1. The van der Waals surface area contributed by atoms with Gasteiger partial charge >= 0.3 is 5.97 Å². The second-order valence-corrected chi connectivity index (χ2v) is 6.16. The molecule has 5 heteroatoms. The van der Waals surface area contributed by atoms with Gasteiger partial charge in [-0.2, -0.15) is 0 Å². The third-order valence-electron chi connectivity index (χ3n) is 3.21. The number of carbonyl (C=O) groups excluding carboxylic acids is 1. The molecule has 2 rings (SSSR count). The standard InChI is InChI=1S/C15H16ClNO3/c1-15(2,7-14(19)20)6-13(18)11-8-17-12-4-3-9(16)5-10(11)12/h3-5,8,17H,6-7H2,1-2H3,(H,19,20). The lowest BCUT2D eigenvalue weighted by molar-refractivity contribution is -0.139. The van der Waals surface area contributed by atoms with Crippen molar-refractivity contribution in [1.29, 1.82) is 0 Å². The molecule has 0 aliphatic carbocycles. The van der Waals surface area contributed by atoms with Gasteiger partial charge in [0.1, 0.15) is 0 Å². The predicted octanol–water partition coefficient (Wildman–Crippen LogP) is 3.90. The number of aromatic amines is 1. The first-order valence-corrected chi connectivity index (χ1v) is 6.68. The Morgan fingerprint density at radius 3 is 2.65 bits per heavy atom. The van der Waals surface area contributed by atoms with Crippen LogP contribution in [0.3, 0.4) is 0 Å². The van der Waals surface area contributed by atoms with E-state index >= 15 is 0 Å². The fraction of sp³-hybridized carbons (Fsp3) is 0.333. The fourth-order valence-corrected chi connectivity index (χ4v) is 2.50. The monoisotopic (exact) mass is 293 g/mol. The molecule has 0 fully saturated rings. The maximum Gasteiger partial charge on any atom is 0.303 e. The molecule has 0 saturated carbocycles. The van der Waals surface area contributed by atoms with E-state index in [4.69, 9.17) is 16.7 Å². The van der Waals surface area contributed by atoms with E-state index < -0.39 is 11.4 Å². The molecule has 0 atom stereocenters. The molecular formula is C15H16ClNO3. The number of carboxylic acids is 1. The quantitative estimate of drug-likeness (QED) is 0.822. The van der Waals surface area contributed by atoms with Crippen LogP contribution in [0.2, 0.25) is 5.02 Å². The van der Waals surface area contributed by atoms with Crippen molar-refractivity contribution in [2.24, 2.45) is 5.41 Å². The summed E-state index contributed by atoms with van der Waals surface area (Å²) in [4.78, 5) is 26.2. The number of rotatable bonds is 5. The highest BCUT2D eigenvalue weighted by Gasteiger charge is 2.26. The van der Waals surface area contributed by atoms with E-state index in [0.29, 0.717) is 10.6 Å². The molecule has 20 heavy (non-hydrogen) atoms. The lowest BCUT2D eigenvalue weighted by atomic mass is 9.82. The second kappa shape index (κ2) is 5.29. The Morgan fingerprint density at radius 1 is 1.30 bits per heavy atom. The molecule has 0 aliphatic heterocycles. The molecule has 0 radical (unpaired) electrons. The number of ketones is 1. The number of benzene rings is 1. The molecule has 1 heterocycles. The third-order valence-corrected chi connectivity index (χ3v) is 3.45. The summed E-state index contributed by atoms with van der Waals surface area (Å²) in [5.74, 6) is -0.977. The van der Waals surface area contributed by atoms with E-state index in [9.17, 15) is 9.59 Å². The summed E-state index contributed by atoms with van der Waals surface area (Å²) >= 11 is 5.95. The Labute approximate surface area is 121 Å². The van der Waals surface area contributed by atoms with Gasteiger partial charge in [0.15, 0.2) is 5.78 Å². The first kappa shape index (κ1) is 14.6. The van der Waals surface area contributed by atoms with E-state index in [1.54, 1.807) is 32.2 Å². The Kier molecular flexibility index (Phi) is 3.86. The molecule has 4 nitrogen and oxygen atoms in total. The number of hydrogen-bond acceptors (Lipinski definition) is 2. The van der Waals surface area contributed by atoms with Gasteiger partial charge in [-0.1, -0.05) is 25.4 Å². The molecule has 0 bridgehead atoms. The van der Waals surface area contributed by atoms with E-state index in [1.807, 2.05) is 6.07 Å². The summed E-state index contributed by atoms with van der Waals surface area (Å²) in [6.45, 7) is 3.56. The summed E-state index contributed by atoms with van der Waals surface area (Å²) in [5.41, 5.74) is 0.820. The Balaban J connectivity index is 2.28. The minimum absolute atomic E-state index is 0.0398. The zero-order valence-corrected chi connectivity index (χ0v) is 12.1. The molecule has 106 valence electrons. The van der Waals surface area contributed by atoms with Gasteiger partial charge in [-0.15, -0.1) is 0 Å². The maximum atomic E-state index is 12.4. The summed E-state index contributed by atoms with van der Waals surface area (Å²) in [6.07, 6.45) is 1.79. The third kappa shape index (κ3) is 3.20. The number of H-pyrrole nitrogens is 1. The summed E-state index contributed by atoms with van der Waals surface area (Å²) in [6, 6.07) is 5.31. The zero-order chi connectivity index (χ0) is 14.9. The molecular weight excluding hydrogens is 278 g/mol. The van der Waals surface area contributed by atoms with Gasteiger partial charge in [-0.25, -0.2) is 0 Å². The average Bonchev–Trinajstić information content (AvgIpc) is 2.68. The largest absolute Gasteiger partial charge is 0.481 e. The average molecular weight is 294 g/mol. The van der Waals surface area contributed by atoms with Gasteiger partial charge in [0.05, 0.1) is 6.42 Å². The second-order valence-electron chi connectivity index (χ2n) is 5.73. The highest BCUT2D eigenvalue weighted by molar-refractivity contribution is 6.31. The van der Waals surface area contributed by atoms with Gasteiger partial charge < -0.3 is 10.1 Å². The number of hydrogen-bond donors (Lipinski definition) is 2. The van der Waals surface area contributed by atoms with Gasteiger partial charge in [0.25, 0.3) is 0 Å². The summed E-state index contributed by atoms with van der Waals surface area (Å²) in [7, 11) is 0. The number of nitrogens with one attached hydrogen (secondary N) is 1. The van der Waals surface area contributed by atoms with Crippen LogP contribution < -0.4 is 0 Å². The normalized spacial score (nSPS) is 11.8. The maximum absolute atomic E-state index is 12.4. The lowest BCUT2D eigenvalue weighted by Crippen LogP contribution is -2.21. The first-order valence-electron chi connectivity index (χ1n) is 6.30. The summed E-state index contributed by atoms with van der Waals surface area (Å²) < 4.78 is 0. The van der Waals surface area contributed by atoms with Crippen LogP contribution in [0.4, 0.5) is 0 Å². The minimum atomic E-state index is -0.898. The van der Waals surface area contributed by atoms with E-state index in [0.717, 1.165) is 10.9 Å². The van der Waals surface area contributed by atoms with Crippen LogP contribution in [0, 0.1) is 5.41 Å². The van der Waals surface area contributed by atoms with Crippen LogP contribution in [0.15, 0.2) is 24.4 Å². The Morgan fingerprint density at radius 2 is 2.00 bits per heavy atom. The lowest BCUT2D eigenvalue weighted by Gasteiger charge is -2.20. The van der Waals surface area contributed by atoms with Gasteiger partial charge in [-0.3, -0.25) is 9.59 Å². The van der Waals surface area contributed by atoms with Gasteiger partial charge in [-0.05, 0) is 23.6 Å². The van der Waals surface area contributed by atoms with Crippen LogP contribution >= 0.6 is 11.6 Å². The van der Waals surface area contributed by atoms with E-state index in [1.165, 1.54) is 0 Å². The SMILES string of the molecule is CC(C)(CC(=O)O)CC(=O)c1c[nH]c2ccc(Cl)cc12. The number of aliphatic carboxylic acids is 1. The predicted molar refractivity (Wildman–Crippen MR) is 78.3 cm³/mol. The summed E-state index contributed by atoms with van der Waals surface area (Å²) in [5, 5.41) is 10.2. The van der Waals surface area contributed by atoms with Gasteiger partial charge in [0.2, 0.25) is 0 Å². The van der Waals surface area contributed by atoms with E-state index in [2.05, 4.69) is 4.98 Å². The van der Waals surface area contributed by atoms with Gasteiger partial charge in [0, 0.05) is 34.1 Å². The topological polar surface area (TPSA) is 70.2 Å². The Bertz CT molecular complexity index is 673. The van der Waals surface area contributed by atoms with Crippen molar-refractivity contribution in [3.8, 4) is 0 Å². The number of Topliss-reactive ketones (excluding diaryl/α,β-unsaturated/α-hetero) is 1. The van der Waals surface area contributed by atoms with Crippen molar-refractivity contribution in [2.45, 2.75) is 26.7 Å². The number of halogens is 1. The molecule has 0 spiro atoms. The number of carbonyl (C=O) groups is 2. The zero-order valence-electron chi connectivity index (χ0n) is 11.4. The van der Waals surface area contributed by atoms with E-state index in [-0.39, 0.29) is 18.6 Å². The minimum Gasteiger partial charge on any atom is -0.481 e. The molecule has 0 saturated heterocycles. The van der Waals surface area contributed by atoms with Crippen LogP contribution in [0.25, 0.3) is 10.9 Å². The highest BCUT2D eigenvalue weighted by atomic mass is 35.5. The number of carboxylic acid groups (broad SMARTS) is 1. The Hall–Kier alpha value is -1.81. The van der Waals surface area contributed by atoms with Crippen molar-refractivity contribution in [3.05, 3.63) is 35.0 Å². The molecule has 2 aromatic rings. The fourth-order valence-electron chi connectivity index (χ4n) is 2.33. The number of fused-ring (bicyclic) bond motifs is 1. The van der Waals surface area contributed by atoms with Crippen molar-refractivity contribution >= 4 is 34.3 Å². The highest BCUT2D eigenvalue weighted by Crippen LogP contribution is 2.30. The first-order chi connectivity index (χ1) is 9.28. The molecule has 0 unspecified atom stereocenters. The van der Waals surface area contributed by atoms with Crippen LogP contribution in [-0.2, 0) is 4.79 Å². The van der Waals surface area contributed by atoms with Crippen molar-refractivity contribution in [2.75, 3.05) is 0 Å². The van der Waals surface area contributed by atoms with Crippen molar-refractivity contribution in [3.63, 3.8) is 0 Å². The van der Waals surface area contributed by atoms with Crippen LogP contribution in [0.5, 0.6) is 0 Å². The van der Waals surface area contributed by atoms with Crippen LogP contribution in [0.1, 0.15) is 37.0 Å². The van der Waals surface area contributed by atoms with Crippen molar-refractivity contribution in [1.82, 2.24) is 4.98 Å². The molecule has 1 aromatic heterocycles. The molecule has 1 aromatic carbocycles.